The zero-order valence-electron chi connectivity index (χ0n) is 10.4. The highest BCUT2D eigenvalue weighted by molar-refractivity contribution is 5.20. The largest absolute Gasteiger partial charge is 0.492 e. The Kier molecular flexibility index (Phi) is 4.83. The molecule has 1 saturated carbocycles. The maximum atomic E-state index is 5.63. The third-order valence-corrected chi connectivity index (χ3v) is 3.26. The summed E-state index contributed by atoms with van der Waals surface area (Å²) in [5.74, 6) is 0.940. The van der Waals surface area contributed by atoms with Crippen molar-refractivity contribution in [3.63, 3.8) is 0 Å². The van der Waals surface area contributed by atoms with Crippen LogP contribution in [-0.2, 0) is 4.74 Å². The van der Waals surface area contributed by atoms with Gasteiger partial charge in [0.1, 0.15) is 12.4 Å². The summed E-state index contributed by atoms with van der Waals surface area (Å²) in [7, 11) is 1.80. The fourth-order valence-corrected chi connectivity index (χ4v) is 2.29. The van der Waals surface area contributed by atoms with Gasteiger partial charge in [-0.1, -0.05) is 18.2 Å². The van der Waals surface area contributed by atoms with Gasteiger partial charge in [-0.3, -0.25) is 0 Å². The number of para-hydroxylation sites is 1. The van der Waals surface area contributed by atoms with Crippen LogP contribution in [0.15, 0.2) is 30.3 Å². The molecular weight excluding hydrogens is 214 g/mol. The lowest BCUT2D eigenvalue weighted by Gasteiger charge is -2.13. The number of ether oxygens (including phenoxy) is 2. The summed E-state index contributed by atoms with van der Waals surface area (Å²) in [6.45, 7) is 1.62. The number of benzene rings is 1. The molecule has 0 amide bonds. The van der Waals surface area contributed by atoms with E-state index in [0.29, 0.717) is 12.1 Å². The first-order valence-corrected chi connectivity index (χ1v) is 6.32. The first-order chi connectivity index (χ1) is 8.38. The highest BCUT2D eigenvalue weighted by Crippen LogP contribution is 2.21. The van der Waals surface area contributed by atoms with Gasteiger partial charge in [-0.05, 0) is 31.4 Å². The summed E-state index contributed by atoms with van der Waals surface area (Å²) in [4.78, 5) is 0. The lowest BCUT2D eigenvalue weighted by Crippen LogP contribution is -2.31. The van der Waals surface area contributed by atoms with Gasteiger partial charge >= 0.3 is 0 Å². The molecule has 0 aromatic heterocycles. The molecule has 1 N–H and O–H groups in total. The fourth-order valence-electron chi connectivity index (χ4n) is 2.29. The number of methoxy groups -OCH3 is 1. The zero-order chi connectivity index (χ0) is 11.9. The Balaban J connectivity index is 1.58. The van der Waals surface area contributed by atoms with Crippen LogP contribution in [0, 0.1) is 0 Å². The summed E-state index contributed by atoms with van der Waals surface area (Å²) in [6.07, 6.45) is 3.96. The minimum absolute atomic E-state index is 0.447. The molecule has 0 saturated heterocycles. The lowest BCUT2D eigenvalue weighted by atomic mass is 10.2. The molecule has 1 aromatic rings. The maximum absolute atomic E-state index is 5.63. The molecule has 94 valence electrons. The van der Waals surface area contributed by atoms with Gasteiger partial charge in [0.05, 0.1) is 6.10 Å². The van der Waals surface area contributed by atoms with E-state index in [4.69, 9.17) is 9.47 Å². The van der Waals surface area contributed by atoms with Gasteiger partial charge < -0.3 is 14.8 Å². The minimum atomic E-state index is 0.447. The summed E-state index contributed by atoms with van der Waals surface area (Å²) in [5, 5.41) is 3.51. The Morgan fingerprint density at radius 3 is 2.76 bits per heavy atom. The van der Waals surface area contributed by atoms with Crippen LogP contribution < -0.4 is 10.1 Å². The van der Waals surface area contributed by atoms with E-state index in [-0.39, 0.29) is 0 Å². The SMILES string of the molecule is COC1CCC(NCCOc2ccccc2)C1. The van der Waals surface area contributed by atoms with E-state index in [1.165, 1.54) is 12.8 Å². The number of hydrogen-bond acceptors (Lipinski definition) is 3. The molecule has 2 atom stereocenters. The fraction of sp³-hybridized carbons (Fsp3) is 0.571. The van der Waals surface area contributed by atoms with E-state index in [1.54, 1.807) is 7.11 Å². The van der Waals surface area contributed by atoms with Crippen LogP contribution in [0.5, 0.6) is 5.75 Å². The van der Waals surface area contributed by atoms with Crippen LogP contribution in [0.2, 0.25) is 0 Å². The predicted molar refractivity (Wildman–Crippen MR) is 68.4 cm³/mol. The molecular formula is C14H21NO2. The third kappa shape index (κ3) is 4.02. The van der Waals surface area contributed by atoms with Gasteiger partial charge in [-0.15, -0.1) is 0 Å². The number of hydrogen-bond donors (Lipinski definition) is 1. The molecule has 3 heteroatoms. The Morgan fingerprint density at radius 2 is 2.06 bits per heavy atom. The van der Waals surface area contributed by atoms with E-state index in [0.717, 1.165) is 25.3 Å². The van der Waals surface area contributed by atoms with Crippen molar-refractivity contribution in [1.29, 1.82) is 0 Å². The lowest BCUT2D eigenvalue weighted by molar-refractivity contribution is 0.107. The highest BCUT2D eigenvalue weighted by atomic mass is 16.5. The second-order valence-electron chi connectivity index (χ2n) is 4.48. The molecule has 2 unspecified atom stereocenters. The van der Waals surface area contributed by atoms with E-state index in [1.807, 2.05) is 30.3 Å². The Bertz CT molecular complexity index is 315. The maximum Gasteiger partial charge on any atom is 0.119 e. The summed E-state index contributed by atoms with van der Waals surface area (Å²) < 4.78 is 11.0. The molecule has 1 aromatic carbocycles. The standard InChI is InChI=1S/C14H21NO2/c1-16-14-8-7-12(11-14)15-9-10-17-13-5-3-2-4-6-13/h2-6,12,14-15H,7-11H2,1H3. The van der Waals surface area contributed by atoms with Crippen molar-refractivity contribution in [3.05, 3.63) is 30.3 Å². The summed E-state index contributed by atoms with van der Waals surface area (Å²) in [5.41, 5.74) is 0. The van der Waals surface area contributed by atoms with Gasteiger partial charge in [0.15, 0.2) is 0 Å². The minimum Gasteiger partial charge on any atom is -0.492 e. The molecule has 3 nitrogen and oxygen atoms in total. The smallest absolute Gasteiger partial charge is 0.119 e. The van der Waals surface area contributed by atoms with Crippen LogP contribution in [0.25, 0.3) is 0 Å². The summed E-state index contributed by atoms with van der Waals surface area (Å²) >= 11 is 0. The molecule has 2 rings (SSSR count). The second kappa shape index (κ2) is 6.62. The van der Waals surface area contributed by atoms with Gasteiger partial charge in [-0.25, -0.2) is 0 Å². The molecule has 0 radical (unpaired) electrons. The van der Waals surface area contributed by atoms with Crippen molar-refractivity contribution in [2.75, 3.05) is 20.3 Å². The predicted octanol–water partition coefficient (Wildman–Crippen LogP) is 2.22. The van der Waals surface area contributed by atoms with Crippen LogP contribution in [0.3, 0.4) is 0 Å². The van der Waals surface area contributed by atoms with E-state index < -0.39 is 0 Å². The van der Waals surface area contributed by atoms with Gasteiger partial charge in [0.2, 0.25) is 0 Å². The van der Waals surface area contributed by atoms with Crippen LogP contribution >= 0.6 is 0 Å². The Labute approximate surface area is 103 Å². The summed E-state index contributed by atoms with van der Waals surface area (Å²) in [6, 6.07) is 10.5. The van der Waals surface area contributed by atoms with Crippen molar-refractivity contribution in [3.8, 4) is 5.75 Å². The molecule has 0 aliphatic heterocycles. The third-order valence-electron chi connectivity index (χ3n) is 3.26. The van der Waals surface area contributed by atoms with Gasteiger partial charge in [0.25, 0.3) is 0 Å². The number of nitrogens with one attached hydrogen (secondary N) is 1. The van der Waals surface area contributed by atoms with Crippen molar-refractivity contribution in [2.24, 2.45) is 0 Å². The molecule has 0 spiro atoms. The Hall–Kier alpha value is -1.06. The van der Waals surface area contributed by atoms with E-state index in [2.05, 4.69) is 5.32 Å². The molecule has 0 bridgehead atoms. The van der Waals surface area contributed by atoms with Gasteiger partial charge in [-0.2, -0.15) is 0 Å². The quantitative estimate of drug-likeness (QED) is 0.767. The monoisotopic (exact) mass is 235 g/mol. The topological polar surface area (TPSA) is 30.5 Å². The first kappa shape index (κ1) is 12.4. The first-order valence-electron chi connectivity index (χ1n) is 6.32. The average molecular weight is 235 g/mol. The van der Waals surface area contributed by atoms with Crippen LogP contribution in [0.4, 0.5) is 0 Å². The van der Waals surface area contributed by atoms with Crippen molar-refractivity contribution in [1.82, 2.24) is 5.32 Å². The average Bonchev–Trinajstić information content (AvgIpc) is 2.84. The van der Waals surface area contributed by atoms with Crippen molar-refractivity contribution in [2.45, 2.75) is 31.4 Å². The zero-order valence-corrected chi connectivity index (χ0v) is 10.4. The molecule has 0 heterocycles. The molecule has 1 aliphatic carbocycles. The van der Waals surface area contributed by atoms with Crippen LogP contribution in [0.1, 0.15) is 19.3 Å². The number of rotatable bonds is 6. The van der Waals surface area contributed by atoms with Crippen molar-refractivity contribution >= 4 is 0 Å². The molecule has 17 heavy (non-hydrogen) atoms. The molecule has 1 aliphatic rings. The van der Waals surface area contributed by atoms with Crippen LogP contribution in [-0.4, -0.2) is 32.4 Å². The Morgan fingerprint density at radius 1 is 1.24 bits per heavy atom. The second-order valence-corrected chi connectivity index (χ2v) is 4.48. The van der Waals surface area contributed by atoms with Crippen molar-refractivity contribution < 1.29 is 9.47 Å². The molecule has 1 fully saturated rings. The van der Waals surface area contributed by atoms with Gasteiger partial charge in [0, 0.05) is 19.7 Å². The normalized spacial score (nSPS) is 23.8. The highest BCUT2D eigenvalue weighted by Gasteiger charge is 2.23. The van der Waals surface area contributed by atoms with E-state index >= 15 is 0 Å². The van der Waals surface area contributed by atoms with E-state index in [9.17, 15) is 0 Å².